The Hall–Kier alpha value is -2.26. The minimum Gasteiger partial charge on any atom is -0.496 e. The van der Waals surface area contributed by atoms with E-state index in [1.165, 1.54) is 7.11 Å². The Morgan fingerprint density at radius 3 is 2.83 bits per heavy atom. The minimum absolute atomic E-state index is 0.0993. The molecule has 0 bridgehead atoms. The van der Waals surface area contributed by atoms with Crippen molar-refractivity contribution in [3.05, 3.63) is 29.3 Å². The third-order valence-corrected chi connectivity index (χ3v) is 3.55. The predicted molar refractivity (Wildman–Crippen MR) is 78.5 cm³/mol. The van der Waals surface area contributed by atoms with Gasteiger partial charge in [0.2, 0.25) is 5.91 Å². The van der Waals surface area contributed by atoms with Crippen LogP contribution in [-0.4, -0.2) is 50.9 Å². The second-order valence-electron chi connectivity index (χ2n) is 5.20. The summed E-state index contributed by atoms with van der Waals surface area (Å²) in [7, 11) is 1.24. The second-order valence-corrected chi connectivity index (χ2v) is 5.20. The van der Waals surface area contributed by atoms with Crippen LogP contribution in [0.3, 0.4) is 0 Å². The van der Waals surface area contributed by atoms with Crippen LogP contribution in [0.25, 0.3) is 0 Å². The molecule has 0 aliphatic carbocycles. The Kier molecular flexibility index (Phi) is 6.04. The van der Waals surface area contributed by atoms with Gasteiger partial charge in [0.05, 0.1) is 25.9 Å². The van der Waals surface area contributed by atoms with Crippen LogP contribution in [0.4, 0.5) is 8.78 Å². The third-order valence-electron chi connectivity index (χ3n) is 3.55. The van der Waals surface area contributed by atoms with Crippen molar-refractivity contribution in [1.82, 2.24) is 5.32 Å². The average molecular weight is 344 g/mol. The van der Waals surface area contributed by atoms with Gasteiger partial charge in [-0.15, -0.1) is 0 Å². The van der Waals surface area contributed by atoms with E-state index in [-0.39, 0.29) is 19.0 Å². The van der Waals surface area contributed by atoms with Gasteiger partial charge >= 0.3 is 0 Å². The molecule has 0 aromatic heterocycles. The molecule has 1 aliphatic rings. The van der Waals surface area contributed by atoms with Crippen LogP contribution in [0.1, 0.15) is 16.8 Å². The van der Waals surface area contributed by atoms with Gasteiger partial charge in [0, 0.05) is 6.61 Å². The van der Waals surface area contributed by atoms with Gasteiger partial charge in [0.25, 0.3) is 5.91 Å². The number of methoxy groups -OCH3 is 1. The number of nitrogens with one attached hydrogen (secondary N) is 1. The van der Waals surface area contributed by atoms with Crippen LogP contribution >= 0.6 is 0 Å². The molecule has 1 saturated heterocycles. The molecule has 0 saturated carbocycles. The molecule has 3 N–H and O–H groups in total. The highest BCUT2D eigenvalue weighted by Crippen LogP contribution is 2.24. The Labute approximate surface area is 137 Å². The molecule has 1 aromatic carbocycles. The number of hydrogen-bond acceptors (Lipinski definition) is 5. The fraction of sp³-hybridized carbons (Fsp3) is 0.467. The maximum absolute atomic E-state index is 14.0. The van der Waals surface area contributed by atoms with Crippen LogP contribution in [0.5, 0.6) is 5.75 Å². The van der Waals surface area contributed by atoms with Crippen molar-refractivity contribution in [2.45, 2.75) is 18.6 Å². The number of carbonyl (C=O) groups excluding carboxylic acids is 2. The van der Waals surface area contributed by atoms with Crippen molar-refractivity contribution in [3.63, 3.8) is 0 Å². The summed E-state index contributed by atoms with van der Waals surface area (Å²) in [6.07, 6.45) is -0.112. The monoisotopic (exact) mass is 344 g/mol. The number of nitrogens with two attached hydrogens (primary N) is 1. The summed E-state index contributed by atoms with van der Waals surface area (Å²) in [6, 6.07) is 1.39. The number of carbonyl (C=O) groups is 2. The predicted octanol–water partition coefficient (Wildman–Crippen LogP) is 0.363. The number of primary amides is 1. The average Bonchev–Trinajstić information content (AvgIpc) is 2.56. The molecule has 1 aliphatic heterocycles. The van der Waals surface area contributed by atoms with E-state index in [1.807, 2.05) is 0 Å². The molecule has 0 radical (unpaired) electrons. The summed E-state index contributed by atoms with van der Waals surface area (Å²) >= 11 is 0. The normalized spacial score (nSPS) is 20.5. The molecule has 2 atom stereocenters. The first-order valence-corrected chi connectivity index (χ1v) is 7.24. The maximum Gasteiger partial charge on any atom is 0.258 e. The summed E-state index contributed by atoms with van der Waals surface area (Å²) in [5.41, 5.74) is 4.49. The van der Waals surface area contributed by atoms with Gasteiger partial charge in [-0.25, -0.2) is 8.78 Å². The van der Waals surface area contributed by atoms with Gasteiger partial charge in [-0.3, -0.25) is 9.59 Å². The van der Waals surface area contributed by atoms with Crippen molar-refractivity contribution in [1.29, 1.82) is 0 Å². The lowest BCUT2D eigenvalue weighted by Crippen LogP contribution is -2.51. The SMILES string of the molecule is COc1ccc(F)c(F)c1C(=O)N[C@@H]1COCC[C@@H]1OCC(N)=O. The fourth-order valence-electron chi connectivity index (χ4n) is 2.40. The maximum atomic E-state index is 14.0. The van der Waals surface area contributed by atoms with Crippen LogP contribution in [0.2, 0.25) is 0 Å². The lowest BCUT2D eigenvalue weighted by Gasteiger charge is -2.31. The lowest BCUT2D eigenvalue weighted by atomic mass is 10.1. The van der Waals surface area contributed by atoms with Gasteiger partial charge in [-0.1, -0.05) is 0 Å². The first-order chi connectivity index (χ1) is 11.4. The Morgan fingerprint density at radius 1 is 1.42 bits per heavy atom. The lowest BCUT2D eigenvalue weighted by molar-refractivity contribution is -0.128. The topological polar surface area (TPSA) is 99.9 Å². The Morgan fingerprint density at radius 2 is 2.17 bits per heavy atom. The van der Waals surface area contributed by atoms with Crippen LogP contribution < -0.4 is 15.8 Å². The summed E-state index contributed by atoms with van der Waals surface area (Å²) in [5.74, 6) is -4.09. The van der Waals surface area contributed by atoms with Gasteiger partial charge in [-0.2, -0.15) is 0 Å². The highest BCUT2D eigenvalue weighted by Gasteiger charge is 2.31. The van der Waals surface area contributed by atoms with Crippen LogP contribution in [-0.2, 0) is 14.3 Å². The molecule has 2 rings (SSSR count). The molecule has 1 heterocycles. The fourth-order valence-corrected chi connectivity index (χ4v) is 2.40. The van der Waals surface area contributed by atoms with Crippen LogP contribution in [0.15, 0.2) is 12.1 Å². The Bertz CT molecular complexity index is 626. The van der Waals surface area contributed by atoms with E-state index in [0.717, 1.165) is 12.1 Å². The van der Waals surface area contributed by atoms with Crippen molar-refractivity contribution in [3.8, 4) is 5.75 Å². The van der Waals surface area contributed by atoms with Crippen molar-refractivity contribution >= 4 is 11.8 Å². The standard InChI is InChI=1S/C15H18F2N2O5/c1-22-11-3-2-8(16)14(17)13(11)15(21)19-9-6-23-5-4-10(9)24-7-12(18)20/h2-3,9-10H,4-7H2,1H3,(H2,18,20)(H,19,21)/t9-,10+/m1/s1. The zero-order chi connectivity index (χ0) is 17.7. The van der Waals surface area contributed by atoms with Crippen molar-refractivity contribution in [2.75, 3.05) is 26.9 Å². The quantitative estimate of drug-likeness (QED) is 0.776. The molecular weight excluding hydrogens is 326 g/mol. The summed E-state index contributed by atoms with van der Waals surface area (Å²) in [4.78, 5) is 23.2. The third kappa shape index (κ3) is 4.18. The molecule has 2 amide bonds. The van der Waals surface area contributed by atoms with E-state index in [9.17, 15) is 18.4 Å². The number of benzene rings is 1. The van der Waals surface area contributed by atoms with Crippen molar-refractivity contribution in [2.24, 2.45) is 5.73 Å². The summed E-state index contributed by atoms with van der Waals surface area (Å²) in [6.45, 7) is 0.177. The molecule has 132 valence electrons. The van der Waals surface area contributed by atoms with Gasteiger partial charge in [-0.05, 0) is 18.6 Å². The van der Waals surface area contributed by atoms with Gasteiger partial charge in [0.15, 0.2) is 11.6 Å². The molecule has 7 nitrogen and oxygen atoms in total. The smallest absolute Gasteiger partial charge is 0.258 e. The van der Waals surface area contributed by atoms with Gasteiger partial charge in [0.1, 0.15) is 17.9 Å². The zero-order valence-corrected chi connectivity index (χ0v) is 13.0. The van der Waals surface area contributed by atoms with Crippen LogP contribution in [0, 0.1) is 11.6 Å². The van der Waals surface area contributed by atoms with E-state index < -0.39 is 41.2 Å². The highest BCUT2D eigenvalue weighted by molar-refractivity contribution is 5.97. The van der Waals surface area contributed by atoms with E-state index in [2.05, 4.69) is 5.32 Å². The largest absolute Gasteiger partial charge is 0.496 e. The van der Waals surface area contributed by atoms with Crippen molar-refractivity contribution < 1.29 is 32.6 Å². The molecule has 0 spiro atoms. The van der Waals surface area contributed by atoms with E-state index >= 15 is 0 Å². The molecule has 24 heavy (non-hydrogen) atoms. The number of rotatable bonds is 6. The number of hydrogen-bond donors (Lipinski definition) is 2. The van der Waals surface area contributed by atoms with E-state index in [4.69, 9.17) is 19.9 Å². The number of halogens is 2. The molecule has 9 heteroatoms. The molecule has 1 fully saturated rings. The first kappa shape index (κ1) is 18.1. The molecule has 1 aromatic rings. The number of amides is 2. The molecular formula is C15H18F2N2O5. The highest BCUT2D eigenvalue weighted by atomic mass is 19.2. The van der Waals surface area contributed by atoms with E-state index in [0.29, 0.717) is 13.0 Å². The van der Waals surface area contributed by atoms with Gasteiger partial charge < -0.3 is 25.3 Å². The zero-order valence-electron chi connectivity index (χ0n) is 13.0. The first-order valence-electron chi connectivity index (χ1n) is 7.24. The Balaban J connectivity index is 2.15. The second kappa shape index (κ2) is 8.02. The molecule has 0 unspecified atom stereocenters. The summed E-state index contributed by atoms with van der Waals surface area (Å²) in [5, 5.41) is 2.52. The van der Waals surface area contributed by atoms with E-state index in [1.54, 1.807) is 0 Å². The summed E-state index contributed by atoms with van der Waals surface area (Å²) < 4.78 is 42.9. The minimum atomic E-state index is -1.31. The number of ether oxygens (including phenoxy) is 3.